The monoisotopic (exact) mass is 236 g/mol. The molecule has 16 heavy (non-hydrogen) atoms. The van der Waals surface area contributed by atoms with Crippen LogP contribution in [0.1, 0.15) is 25.8 Å². The second-order valence-corrected chi connectivity index (χ2v) is 5.63. The molecule has 0 aliphatic heterocycles. The fourth-order valence-electron chi connectivity index (χ4n) is 1.22. The van der Waals surface area contributed by atoms with Crippen LogP contribution in [0, 0.1) is 6.92 Å². The van der Waals surface area contributed by atoms with E-state index in [-0.39, 0.29) is 0 Å². The highest BCUT2D eigenvalue weighted by molar-refractivity contribution is 7.99. The van der Waals surface area contributed by atoms with E-state index in [0.29, 0.717) is 0 Å². The third-order valence-corrected chi connectivity index (χ3v) is 3.81. The summed E-state index contributed by atoms with van der Waals surface area (Å²) in [6.07, 6.45) is 0.737. The third-order valence-electron chi connectivity index (χ3n) is 2.80. The summed E-state index contributed by atoms with van der Waals surface area (Å²) in [6, 6.07) is 8.46. The van der Waals surface area contributed by atoms with Crippen molar-refractivity contribution in [3.63, 3.8) is 0 Å². The molecule has 0 saturated heterocycles. The summed E-state index contributed by atoms with van der Waals surface area (Å²) in [5.41, 5.74) is 1.37. The second kappa shape index (κ2) is 5.55. The largest absolute Gasteiger partial charge is 0.386 e. The fraction of sp³-hybridized carbons (Fsp3) is 0.429. The molecule has 1 aromatic carbocycles. The molecule has 0 fully saturated rings. The van der Waals surface area contributed by atoms with Gasteiger partial charge in [-0.3, -0.25) is 0 Å². The molecule has 0 unspecified atom stereocenters. The van der Waals surface area contributed by atoms with E-state index in [9.17, 15) is 5.11 Å². The number of aryl methyl sites for hydroxylation is 1. The van der Waals surface area contributed by atoms with Crippen molar-refractivity contribution in [1.82, 2.24) is 0 Å². The van der Waals surface area contributed by atoms with E-state index in [1.807, 2.05) is 13.8 Å². The minimum absolute atomic E-state index is 0.737. The molecule has 0 heterocycles. The van der Waals surface area contributed by atoms with Gasteiger partial charge in [0, 0.05) is 10.6 Å². The molecule has 1 aromatic rings. The van der Waals surface area contributed by atoms with Crippen molar-refractivity contribution in [2.75, 3.05) is 5.75 Å². The lowest BCUT2D eigenvalue weighted by molar-refractivity contribution is 0.0964. The van der Waals surface area contributed by atoms with Crippen LogP contribution in [-0.4, -0.2) is 16.5 Å². The number of thioether (sulfide) groups is 1. The van der Waals surface area contributed by atoms with Gasteiger partial charge in [0.15, 0.2) is 0 Å². The Morgan fingerprint density at radius 2 is 1.94 bits per heavy atom. The van der Waals surface area contributed by atoms with E-state index in [0.717, 1.165) is 17.7 Å². The number of benzene rings is 1. The molecular formula is C14H20OS. The Labute approximate surface area is 103 Å². The quantitative estimate of drug-likeness (QED) is 0.620. The molecule has 0 saturated carbocycles. The predicted molar refractivity (Wildman–Crippen MR) is 72.0 cm³/mol. The van der Waals surface area contributed by atoms with Gasteiger partial charge in [0.05, 0.1) is 5.60 Å². The smallest absolute Gasteiger partial charge is 0.0831 e. The average molecular weight is 236 g/mol. The van der Waals surface area contributed by atoms with Gasteiger partial charge in [-0.25, -0.2) is 0 Å². The molecule has 0 amide bonds. The molecule has 0 spiro atoms. The maximum Gasteiger partial charge on any atom is 0.0831 e. The molecule has 0 radical (unpaired) electrons. The Kier molecular flexibility index (Phi) is 4.63. The van der Waals surface area contributed by atoms with Gasteiger partial charge in [0.25, 0.3) is 0 Å². The van der Waals surface area contributed by atoms with Gasteiger partial charge in [-0.1, -0.05) is 24.3 Å². The molecule has 1 rings (SSSR count). The third kappa shape index (κ3) is 4.03. The summed E-state index contributed by atoms with van der Waals surface area (Å²) in [5, 5.41) is 10.0. The van der Waals surface area contributed by atoms with E-state index in [1.54, 1.807) is 11.8 Å². The Morgan fingerprint density at radius 3 is 2.44 bits per heavy atom. The van der Waals surface area contributed by atoms with Crippen LogP contribution in [-0.2, 0) is 0 Å². The minimum atomic E-state index is -0.738. The molecule has 0 aromatic heterocycles. The van der Waals surface area contributed by atoms with Crippen molar-refractivity contribution >= 4 is 11.8 Å². The maximum absolute atomic E-state index is 10.0. The van der Waals surface area contributed by atoms with Crippen molar-refractivity contribution in [2.24, 2.45) is 0 Å². The van der Waals surface area contributed by atoms with Gasteiger partial charge in [-0.2, -0.15) is 0 Å². The van der Waals surface area contributed by atoms with Crippen LogP contribution < -0.4 is 0 Å². The van der Waals surface area contributed by atoms with Crippen LogP contribution in [0.25, 0.3) is 0 Å². The molecule has 0 bridgehead atoms. The van der Waals surface area contributed by atoms with Crippen LogP contribution in [0.15, 0.2) is 41.3 Å². The van der Waals surface area contributed by atoms with Crippen LogP contribution in [0.5, 0.6) is 0 Å². The molecule has 2 heteroatoms. The van der Waals surface area contributed by atoms with Crippen molar-refractivity contribution in [2.45, 2.75) is 37.7 Å². The van der Waals surface area contributed by atoms with Crippen LogP contribution >= 0.6 is 11.8 Å². The maximum atomic E-state index is 10.0. The summed E-state index contributed by atoms with van der Waals surface area (Å²) in [4.78, 5) is 1.25. The Hall–Kier alpha value is -0.730. The van der Waals surface area contributed by atoms with Crippen molar-refractivity contribution in [3.8, 4) is 0 Å². The van der Waals surface area contributed by atoms with Gasteiger partial charge in [0.2, 0.25) is 0 Å². The number of hydrogen-bond acceptors (Lipinski definition) is 2. The number of aliphatic hydroxyl groups is 1. The normalized spacial score (nSPS) is 14.5. The predicted octanol–water partition coefficient (Wildman–Crippen LogP) is 3.80. The topological polar surface area (TPSA) is 20.2 Å². The van der Waals surface area contributed by atoms with E-state index in [1.165, 1.54) is 10.5 Å². The van der Waals surface area contributed by atoms with Gasteiger partial charge in [0.1, 0.15) is 0 Å². The average Bonchev–Trinajstić information content (AvgIpc) is 2.20. The van der Waals surface area contributed by atoms with Gasteiger partial charge in [-0.15, -0.1) is 11.8 Å². The Morgan fingerprint density at radius 1 is 1.38 bits per heavy atom. The Bertz CT molecular complexity index is 352. The molecule has 1 nitrogen and oxygen atoms in total. The standard InChI is InChI=1S/C14H20OS/c1-11(2)14(4,15)9-10-16-13-7-5-12(3)6-8-13/h5-8,15H,1,9-10H2,2-4H3/t14-/m1/s1. The molecule has 1 N–H and O–H groups in total. The summed E-state index contributed by atoms with van der Waals surface area (Å²) < 4.78 is 0. The zero-order chi connectivity index (χ0) is 12.2. The van der Waals surface area contributed by atoms with E-state index < -0.39 is 5.60 Å². The van der Waals surface area contributed by atoms with Crippen molar-refractivity contribution in [1.29, 1.82) is 0 Å². The van der Waals surface area contributed by atoms with Crippen molar-refractivity contribution < 1.29 is 5.11 Å². The second-order valence-electron chi connectivity index (χ2n) is 4.47. The van der Waals surface area contributed by atoms with Gasteiger partial charge < -0.3 is 5.11 Å². The first-order chi connectivity index (χ1) is 7.42. The lowest BCUT2D eigenvalue weighted by atomic mass is 9.96. The molecule has 1 atom stereocenters. The van der Waals surface area contributed by atoms with Crippen molar-refractivity contribution in [3.05, 3.63) is 42.0 Å². The highest BCUT2D eigenvalue weighted by Crippen LogP contribution is 2.25. The Balaban J connectivity index is 2.41. The SMILES string of the molecule is C=C(C)[C@](C)(O)CCSc1ccc(C)cc1. The first-order valence-corrected chi connectivity index (χ1v) is 6.48. The van der Waals surface area contributed by atoms with Gasteiger partial charge >= 0.3 is 0 Å². The van der Waals surface area contributed by atoms with Gasteiger partial charge in [-0.05, 0) is 44.9 Å². The summed E-state index contributed by atoms with van der Waals surface area (Å²) in [6.45, 7) is 9.58. The lowest BCUT2D eigenvalue weighted by Gasteiger charge is -2.23. The zero-order valence-corrected chi connectivity index (χ0v) is 11.1. The number of hydrogen-bond donors (Lipinski definition) is 1. The molecule has 0 aliphatic rings. The fourth-order valence-corrected chi connectivity index (χ4v) is 2.28. The molecule has 88 valence electrons. The van der Waals surface area contributed by atoms with Crippen LogP contribution in [0.4, 0.5) is 0 Å². The summed E-state index contributed by atoms with van der Waals surface area (Å²) >= 11 is 1.77. The molecular weight excluding hydrogens is 216 g/mol. The van der Waals surface area contributed by atoms with Crippen LogP contribution in [0.3, 0.4) is 0 Å². The summed E-state index contributed by atoms with van der Waals surface area (Å²) in [7, 11) is 0. The first-order valence-electron chi connectivity index (χ1n) is 5.49. The van der Waals surface area contributed by atoms with Crippen LogP contribution in [0.2, 0.25) is 0 Å². The highest BCUT2D eigenvalue weighted by Gasteiger charge is 2.20. The first kappa shape index (κ1) is 13.3. The number of rotatable bonds is 5. The minimum Gasteiger partial charge on any atom is -0.386 e. The van der Waals surface area contributed by atoms with E-state index in [4.69, 9.17) is 0 Å². The lowest BCUT2D eigenvalue weighted by Crippen LogP contribution is -2.25. The zero-order valence-electron chi connectivity index (χ0n) is 10.3. The highest BCUT2D eigenvalue weighted by atomic mass is 32.2. The molecule has 0 aliphatic carbocycles. The summed E-state index contributed by atoms with van der Waals surface area (Å²) in [5.74, 6) is 0.906. The van der Waals surface area contributed by atoms with E-state index >= 15 is 0 Å². The van der Waals surface area contributed by atoms with E-state index in [2.05, 4.69) is 37.8 Å².